The normalized spacial score (nSPS) is 11.1. The topological polar surface area (TPSA) is 66.4 Å². The molecule has 0 aliphatic carbocycles. The molecule has 2 N–H and O–H groups in total. The second-order valence-electron chi connectivity index (χ2n) is 5.93. The highest BCUT2D eigenvalue weighted by molar-refractivity contribution is 6.09. The second kappa shape index (κ2) is 7.56. The number of aromatic carboxylic acids is 1. The first-order valence-corrected chi connectivity index (χ1v) is 8.17. The number of carboxylic acids is 1. The van der Waals surface area contributed by atoms with Crippen LogP contribution in [0.5, 0.6) is 0 Å². The minimum Gasteiger partial charge on any atom is -0.478 e. The Bertz CT molecular complexity index is 1030. The Hall–Kier alpha value is -3.61. The fraction of sp³-hybridized carbons (Fsp3) is 0.0476. The maximum atomic E-state index is 13.2. The van der Waals surface area contributed by atoms with Crippen LogP contribution in [0.2, 0.25) is 0 Å². The number of anilines is 1. The van der Waals surface area contributed by atoms with Gasteiger partial charge < -0.3 is 10.4 Å². The number of rotatable bonds is 4. The lowest BCUT2D eigenvalue weighted by atomic mass is 10.0. The molecule has 0 spiro atoms. The van der Waals surface area contributed by atoms with Gasteiger partial charge in [0.2, 0.25) is 0 Å². The molecule has 0 bridgehead atoms. The quantitative estimate of drug-likeness (QED) is 0.639. The maximum absolute atomic E-state index is 13.2. The molecule has 3 rings (SSSR count). The molecule has 3 aromatic rings. The molecule has 0 aliphatic heterocycles. The van der Waals surface area contributed by atoms with E-state index >= 15 is 0 Å². The summed E-state index contributed by atoms with van der Waals surface area (Å²) in [5.74, 6) is -2.35. The van der Waals surface area contributed by atoms with Crippen molar-refractivity contribution in [3.05, 3.63) is 89.5 Å². The van der Waals surface area contributed by atoms with E-state index in [-0.39, 0.29) is 11.3 Å². The fourth-order valence-electron chi connectivity index (χ4n) is 2.76. The van der Waals surface area contributed by atoms with Gasteiger partial charge in [0, 0.05) is 0 Å². The number of halogens is 3. The van der Waals surface area contributed by atoms with E-state index in [1.807, 2.05) is 6.07 Å². The Morgan fingerprint density at radius 2 is 1.43 bits per heavy atom. The highest BCUT2D eigenvalue weighted by atomic mass is 19.4. The number of carboxylic acid groups (broad SMARTS) is 1. The van der Waals surface area contributed by atoms with E-state index in [0.29, 0.717) is 5.56 Å². The van der Waals surface area contributed by atoms with Gasteiger partial charge >= 0.3 is 12.1 Å². The van der Waals surface area contributed by atoms with Crippen molar-refractivity contribution in [2.45, 2.75) is 6.18 Å². The summed E-state index contributed by atoms with van der Waals surface area (Å²) in [6, 6.07) is 17.6. The third-order valence-electron chi connectivity index (χ3n) is 4.08. The monoisotopic (exact) mass is 385 g/mol. The van der Waals surface area contributed by atoms with E-state index in [4.69, 9.17) is 0 Å². The van der Waals surface area contributed by atoms with Crippen LogP contribution in [0.3, 0.4) is 0 Å². The van der Waals surface area contributed by atoms with Gasteiger partial charge in [-0.1, -0.05) is 48.5 Å². The van der Waals surface area contributed by atoms with E-state index < -0.39 is 29.2 Å². The van der Waals surface area contributed by atoms with Crippen LogP contribution in [0.4, 0.5) is 18.9 Å². The number of benzene rings is 3. The van der Waals surface area contributed by atoms with Gasteiger partial charge in [-0.2, -0.15) is 13.2 Å². The molecule has 3 aromatic carbocycles. The van der Waals surface area contributed by atoms with Crippen molar-refractivity contribution in [1.82, 2.24) is 0 Å². The first-order chi connectivity index (χ1) is 13.3. The minimum atomic E-state index is -4.71. The highest BCUT2D eigenvalue weighted by Crippen LogP contribution is 2.33. The third kappa shape index (κ3) is 4.03. The zero-order valence-electron chi connectivity index (χ0n) is 14.3. The molecular weight excluding hydrogens is 371 g/mol. The number of hydrogen-bond donors (Lipinski definition) is 2. The lowest BCUT2D eigenvalue weighted by molar-refractivity contribution is -0.137. The van der Waals surface area contributed by atoms with Crippen molar-refractivity contribution in [2.75, 3.05) is 5.32 Å². The Kier molecular flexibility index (Phi) is 5.17. The van der Waals surface area contributed by atoms with Gasteiger partial charge in [-0.15, -0.1) is 0 Å². The molecule has 0 aliphatic rings. The molecule has 0 saturated carbocycles. The number of hydrogen-bond acceptors (Lipinski definition) is 2. The molecule has 0 radical (unpaired) electrons. The summed E-state index contributed by atoms with van der Waals surface area (Å²) in [6.07, 6.45) is -4.71. The van der Waals surface area contributed by atoms with Crippen LogP contribution < -0.4 is 5.32 Å². The summed E-state index contributed by atoms with van der Waals surface area (Å²) in [7, 11) is 0. The number of carbonyl (C=O) groups is 2. The Balaban J connectivity index is 2.02. The zero-order valence-corrected chi connectivity index (χ0v) is 14.3. The summed E-state index contributed by atoms with van der Waals surface area (Å²) in [6.45, 7) is 0. The summed E-state index contributed by atoms with van der Waals surface area (Å²) in [5, 5.41) is 11.7. The fourth-order valence-corrected chi connectivity index (χ4v) is 2.76. The molecular formula is C21H14F3NO3. The largest absolute Gasteiger partial charge is 0.478 e. The molecule has 0 atom stereocenters. The van der Waals surface area contributed by atoms with Crippen LogP contribution in [-0.4, -0.2) is 17.0 Å². The average molecular weight is 385 g/mol. The minimum absolute atomic E-state index is 0.0872. The van der Waals surface area contributed by atoms with Crippen molar-refractivity contribution in [3.8, 4) is 11.1 Å². The molecule has 0 fully saturated rings. The van der Waals surface area contributed by atoms with Crippen LogP contribution in [0.15, 0.2) is 72.8 Å². The molecule has 0 saturated heterocycles. The standard InChI is InChI=1S/C21H14F3NO3/c22-21(23,24)17-9-5-4-8-15(17)19(26)25-18-12-14(10-11-16(18)20(27)28)13-6-2-1-3-7-13/h1-12H,(H,25,26)(H,27,28). The molecule has 0 aromatic heterocycles. The maximum Gasteiger partial charge on any atom is 0.417 e. The van der Waals surface area contributed by atoms with E-state index in [1.165, 1.54) is 24.3 Å². The predicted molar refractivity (Wildman–Crippen MR) is 98.2 cm³/mol. The van der Waals surface area contributed by atoms with E-state index in [0.717, 1.165) is 17.7 Å². The molecule has 28 heavy (non-hydrogen) atoms. The van der Waals surface area contributed by atoms with Gasteiger partial charge in [0.25, 0.3) is 5.91 Å². The Morgan fingerprint density at radius 3 is 2.07 bits per heavy atom. The van der Waals surface area contributed by atoms with Crippen molar-refractivity contribution in [3.63, 3.8) is 0 Å². The van der Waals surface area contributed by atoms with Gasteiger partial charge in [-0.25, -0.2) is 4.79 Å². The molecule has 0 heterocycles. The molecule has 142 valence electrons. The second-order valence-corrected chi connectivity index (χ2v) is 5.93. The third-order valence-corrected chi connectivity index (χ3v) is 4.08. The van der Waals surface area contributed by atoms with Crippen LogP contribution in [0, 0.1) is 0 Å². The summed E-state index contributed by atoms with van der Waals surface area (Å²) in [5.41, 5.74) is -0.607. The van der Waals surface area contributed by atoms with Crippen molar-refractivity contribution >= 4 is 17.6 Å². The van der Waals surface area contributed by atoms with Crippen LogP contribution in [-0.2, 0) is 6.18 Å². The van der Waals surface area contributed by atoms with Crippen LogP contribution in [0.1, 0.15) is 26.3 Å². The van der Waals surface area contributed by atoms with E-state index in [9.17, 15) is 27.9 Å². The van der Waals surface area contributed by atoms with Crippen molar-refractivity contribution in [1.29, 1.82) is 0 Å². The lowest BCUT2D eigenvalue weighted by Gasteiger charge is -2.14. The van der Waals surface area contributed by atoms with E-state index in [1.54, 1.807) is 30.3 Å². The van der Waals surface area contributed by atoms with Gasteiger partial charge in [0.15, 0.2) is 0 Å². The van der Waals surface area contributed by atoms with Gasteiger partial charge in [0.05, 0.1) is 22.4 Å². The highest BCUT2D eigenvalue weighted by Gasteiger charge is 2.35. The molecule has 4 nitrogen and oxygen atoms in total. The van der Waals surface area contributed by atoms with Crippen LogP contribution >= 0.6 is 0 Å². The van der Waals surface area contributed by atoms with Gasteiger partial charge in [-0.05, 0) is 35.4 Å². The Morgan fingerprint density at radius 1 is 0.786 bits per heavy atom. The first kappa shape index (κ1) is 19.2. The molecule has 7 heteroatoms. The SMILES string of the molecule is O=C(O)c1ccc(-c2ccccc2)cc1NC(=O)c1ccccc1C(F)(F)F. The summed E-state index contributed by atoms with van der Waals surface area (Å²) in [4.78, 5) is 24.0. The summed E-state index contributed by atoms with van der Waals surface area (Å²) < 4.78 is 39.5. The van der Waals surface area contributed by atoms with Gasteiger partial charge in [-0.3, -0.25) is 4.79 Å². The van der Waals surface area contributed by atoms with E-state index in [2.05, 4.69) is 5.32 Å². The number of alkyl halides is 3. The molecule has 0 unspecified atom stereocenters. The average Bonchev–Trinajstić information content (AvgIpc) is 2.67. The number of nitrogens with one attached hydrogen (secondary N) is 1. The van der Waals surface area contributed by atoms with Crippen LogP contribution in [0.25, 0.3) is 11.1 Å². The number of carbonyl (C=O) groups excluding carboxylic acids is 1. The van der Waals surface area contributed by atoms with Crippen molar-refractivity contribution in [2.24, 2.45) is 0 Å². The zero-order chi connectivity index (χ0) is 20.3. The molecule has 1 amide bonds. The van der Waals surface area contributed by atoms with Crippen molar-refractivity contribution < 1.29 is 27.9 Å². The predicted octanol–water partition coefficient (Wildman–Crippen LogP) is 5.32. The van der Waals surface area contributed by atoms with Gasteiger partial charge in [0.1, 0.15) is 0 Å². The Labute approximate surface area is 158 Å². The number of amides is 1. The smallest absolute Gasteiger partial charge is 0.417 e. The lowest BCUT2D eigenvalue weighted by Crippen LogP contribution is -2.20. The first-order valence-electron chi connectivity index (χ1n) is 8.17. The summed E-state index contributed by atoms with van der Waals surface area (Å²) >= 11 is 0.